The average Bonchev–Trinajstić information content (AvgIpc) is 2.13. The summed E-state index contributed by atoms with van der Waals surface area (Å²) in [6.07, 6.45) is 1.03. The largest absolute Gasteiger partial charge is 0.465 e. The Morgan fingerprint density at radius 1 is 1.38 bits per heavy atom. The van der Waals surface area contributed by atoms with Crippen molar-refractivity contribution in [2.24, 2.45) is 0 Å². The van der Waals surface area contributed by atoms with Gasteiger partial charge >= 0.3 is 6.09 Å². The summed E-state index contributed by atoms with van der Waals surface area (Å²) < 4.78 is 5.84. The first-order valence-corrected chi connectivity index (χ1v) is 11.0. The van der Waals surface area contributed by atoms with Gasteiger partial charge in [-0.15, -0.1) is 0 Å². The van der Waals surface area contributed by atoms with Crippen LogP contribution >= 0.6 is 0 Å². The molecule has 0 saturated heterocycles. The number of carboxylic acid groups (broad SMARTS) is 1. The Kier molecular flexibility index (Phi) is 7.69. The molecule has 4 nitrogen and oxygen atoms in total. The lowest BCUT2D eigenvalue weighted by molar-refractivity contribution is 0.145. The smallest absolute Gasteiger partial charge is 0.407 e. The maximum absolute atomic E-state index is 10.8. The number of rotatable bonds is 8. The zero-order valence-electron chi connectivity index (χ0n) is 11.0. The Labute approximate surface area is 102 Å². The fraction of sp³-hybridized carbons (Fsp3) is 0.900. The van der Waals surface area contributed by atoms with Crippen LogP contribution in [0.4, 0.5) is 4.79 Å². The monoisotopic (exact) mass is 263 g/mol. The van der Waals surface area contributed by atoms with Gasteiger partial charge in [-0.2, -0.15) is 0 Å². The van der Waals surface area contributed by atoms with Crippen LogP contribution < -0.4 is 0 Å². The average molecular weight is 263 g/mol. The predicted octanol–water partition coefficient (Wildman–Crippen LogP) is 2.12. The van der Waals surface area contributed by atoms with E-state index in [9.17, 15) is 4.79 Å². The molecule has 0 spiro atoms. The molecule has 0 fully saturated rings. The van der Waals surface area contributed by atoms with E-state index in [-0.39, 0.29) is 0 Å². The third kappa shape index (κ3) is 8.93. The number of amides is 1. The minimum absolute atomic E-state index is 0.432. The van der Waals surface area contributed by atoms with Crippen LogP contribution in [0.3, 0.4) is 0 Å². The van der Waals surface area contributed by atoms with Gasteiger partial charge in [0, 0.05) is 13.1 Å². The highest BCUT2D eigenvalue weighted by Crippen LogP contribution is 2.04. The summed E-state index contributed by atoms with van der Waals surface area (Å²) in [7, 11) is -1.77. The van der Waals surface area contributed by atoms with Crippen LogP contribution in [0.1, 0.15) is 19.8 Å². The van der Waals surface area contributed by atoms with Gasteiger partial charge < -0.3 is 14.1 Å². The predicted molar refractivity (Wildman–Crippen MR) is 72.3 cm³/mol. The molecule has 0 aliphatic rings. The molecule has 0 atom stereocenters. The van der Waals surface area contributed by atoms with Crippen LogP contribution in [-0.2, 0) is 4.12 Å². The lowest BCUT2D eigenvalue weighted by Crippen LogP contribution is -2.32. The summed E-state index contributed by atoms with van der Waals surface area (Å²) in [5, 5.41) is 8.90. The molecule has 0 heterocycles. The highest BCUT2D eigenvalue weighted by atomic mass is 28.4. The Balaban J connectivity index is 3.59. The molecule has 96 valence electrons. The van der Waals surface area contributed by atoms with Crippen LogP contribution in [0.15, 0.2) is 0 Å². The third-order valence-corrected chi connectivity index (χ3v) is 7.19. The summed E-state index contributed by atoms with van der Waals surface area (Å²) in [6, 6.07) is 1.08. The molecule has 0 rings (SSSR count). The van der Waals surface area contributed by atoms with Gasteiger partial charge in [0.05, 0.1) is 0 Å². The lowest BCUT2D eigenvalue weighted by atomic mass is 10.4. The topological polar surface area (TPSA) is 49.8 Å². The van der Waals surface area contributed by atoms with E-state index in [2.05, 4.69) is 19.6 Å². The third-order valence-electron chi connectivity index (χ3n) is 2.12. The normalized spacial score (nSPS) is 12.2. The number of hydrogen-bond donors (Lipinski definition) is 1. The molecule has 0 aromatic heterocycles. The van der Waals surface area contributed by atoms with Crippen molar-refractivity contribution in [3.05, 3.63) is 0 Å². The van der Waals surface area contributed by atoms with E-state index in [1.165, 1.54) is 4.90 Å². The van der Waals surface area contributed by atoms with Gasteiger partial charge in [0.25, 0.3) is 0 Å². The standard InChI is InChI=1S/C10H25NO3Si2/c1-5-7-11(10(12)13)8-6-9-15-14-16(2,3)4/h5-9,15H2,1-4H3,(H,12,13). The molecule has 0 aliphatic heterocycles. The van der Waals surface area contributed by atoms with Crippen LogP contribution in [0.2, 0.25) is 25.7 Å². The highest BCUT2D eigenvalue weighted by Gasteiger charge is 2.13. The van der Waals surface area contributed by atoms with Crippen molar-refractivity contribution < 1.29 is 14.0 Å². The highest BCUT2D eigenvalue weighted by molar-refractivity contribution is 6.73. The molecular formula is C10H25NO3Si2. The number of hydrogen-bond acceptors (Lipinski definition) is 2. The molecule has 6 heteroatoms. The Morgan fingerprint density at radius 2 is 2.00 bits per heavy atom. The van der Waals surface area contributed by atoms with Crippen molar-refractivity contribution in [1.82, 2.24) is 4.90 Å². The van der Waals surface area contributed by atoms with E-state index in [1.807, 2.05) is 6.92 Å². The summed E-state index contributed by atoms with van der Waals surface area (Å²) in [5.74, 6) is 0. The Morgan fingerprint density at radius 3 is 2.44 bits per heavy atom. The van der Waals surface area contributed by atoms with E-state index in [0.717, 1.165) is 18.9 Å². The summed E-state index contributed by atoms with van der Waals surface area (Å²) >= 11 is 0. The van der Waals surface area contributed by atoms with Crippen molar-refractivity contribution in [1.29, 1.82) is 0 Å². The van der Waals surface area contributed by atoms with Crippen molar-refractivity contribution >= 4 is 24.2 Å². The summed E-state index contributed by atoms with van der Waals surface area (Å²) in [4.78, 5) is 12.3. The Bertz CT molecular complexity index is 207. The Hall–Kier alpha value is -0.336. The second kappa shape index (κ2) is 7.86. The SMILES string of the molecule is CCCN(CCC[SiH2]O[Si](C)(C)C)C(=O)O. The molecule has 1 amide bonds. The van der Waals surface area contributed by atoms with Gasteiger partial charge in [0.2, 0.25) is 0 Å². The van der Waals surface area contributed by atoms with E-state index < -0.39 is 24.2 Å². The van der Waals surface area contributed by atoms with Crippen molar-refractivity contribution in [2.75, 3.05) is 13.1 Å². The molecule has 0 aromatic carbocycles. The van der Waals surface area contributed by atoms with E-state index in [4.69, 9.17) is 9.22 Å². The number of nitrogens with zero attached hydrogens (tertiary/aromatic N) is 1. The molecule has 0 aliphatic carbocycles. The first-order chi connectivity index (χ1) is 7.37. The first-order valence-electron chi connectivity index (χ1n) is 5.98. The fourth-order valence-electron chi connectivity index (χ4n) is 1.36. The quantitative estimate of drug-likeness (QED) is 0.539. The maximum atomic E-state index is 10.8. The summed E-state index contributed by atoms with van der Waals surface area (Å²) in [5.41, 5.74) is 0. The van der Waals surface area contributed by atoms with Crippen LogP contribution in [0.5, 0.6) is 0 Å². The van der Waals surface area contributed by atoms with E-state index in [1.54, 1.807) is 0 Å². The minimum Gasteiger partial charge on any atom is -0.465 e. The number of carbonyl (C=O) groups is 1. The van der Waals surface area contributed by atoms with Gasteiger partial charge in [-0.3, -0.25) is 0 Å². The first kappa shape index (κ1) is 15.7. The van der Waals surface area contributed by atoms with Crippen LogP contribution in [0.25, 0.3) is 0 Å². The molecular weight excluding hydrogens is 238 g/mol. The molecule has 0 unspecified atom stereocenters. The van der Waals surface area contributed by atoms with Crippen molar-refractivity contribution in [3.63, 3.8) is 0 Å². The maximum Gasteiger partial charge on any atom is 0.407 e. The van der Waals surface area contributed by atoms with Gasteiger partial charge in [-0.25, -0.2) is 4.79 Å². The molecule has 0 aromatic rings. The zero-order chi connectivity index (χ0) is 12.6. The zero-order valence-corrected chi connectivity index (χ0v) is 13.4. The molecule has 0 saturated carbocycles. The van der Waals surface area contributed by atoms with Crippen molar-refractivity contribution in [3.8, 4) is 0 Å². The molecule has 1 N–H and O–H groups in total. The van der Waals surface area contributed by atoms with Crippen molar-refractivity contribution in [2.45, 2.75) is 45.5 Å². The summed E-state index contributed by atoms with van der Waals surface area (Å²) in [6.45, 7) is 9.89. The van der Waals surface area contributed by atoms with E-state index >= 15 is 0 Å². The lowest BCUT2D eigenvalue weighted by Gasteiger charge is -2.20. The van der Waals surface area contributed by atoms with Crippen LogP contribution in [0, 0.1) is 0 Å². The van der Waals surface area contributed by atoms with Gasteiger partial charge in [-0.1, -0.05) is 6.92 Å². The van der Waals surface area contributed by atoms with E-state index in [0.29, 0.717) is 13.1 Å². The molecule has 0 bridgehead atoms. The molecule has 0 radical (unpaired) electrons. The van der Waals surface area contributed by atoms with Gasteiger partial charge in [-0.05, 0) is 38.5 Å². The minimum atomic E-state index is -1.34. The van der Waals surface area contributed by atoms with Gasteiger partial charge in [0.15, 0.2) is 8.32 Å². The second-order valence-electron chi connectivity index (χ2n) is 4.94. The fourth-order valence-corrected chi connectivity index (χ4v) is 4.81. The second-order valence-corrected chi connectivity index (χ2v) is 11.4. The molecule has 16 heavy (non-hydrogen) atoms. The van der Waals surface area contributed by atoms with Gasteiger partial charge in [0.1, 0.15) is 9.76 Å². The van der Waals surface area contributed by atoms with Crippen LogP contribution in [-0.4, -0.2) is 47.3 Å².